The van der Waals surface area contributed by atoms with Gasteiger partial charge in [-0.25, -0.2) is 0 Å². The van der Waals surface area contributed by atoms with Crippen LogP contribution in [-0.2, 0) is 0 Å². The molecule has 4 nitrogen and oxygen atoms in total. The van der Waals surface area contributed by atoms with Crippen molar-refractivity contribution in [3.05, 3.63) is 23.8 Å². The Bertz CT molecular complexity index is 525. The molecular formula is C13H17N3OS. The molecule has 1 aromatic carbocycles. The molecule has 0 bridgehead atoms. The molecule has 0 spiro atoms. The van der Waals surface area contributed by atoms with Gasteiger partial charge in [0.25, 0.3) is 0 Å². The fourth-order valence-electron chi connectivity index (χ4n) is 1.66. The number of rotatable bonds is 5. The average Bonchev–Trinajstić information content (AvgIpc) is 2.85. The van der Waals surface area contributed by atoms with Gasteiger partial charge in [0.2, 0.25) is 5.13 Å². The molecule has 1 aromatic heterocycles. The minimum atomic E-state index is 0.768. The lowest BCUT2D eigenvalue weighted by atomic mass is 10.1. The summed E-state index contributed by atoms with van der Waals surface area (Å²) in [5.41, 5.74) is 2.11. The van der Waals surface area contributed by atoms with Crippen molar-refractivity contribution in [2.75, 3.05) is 19.0 Å². The van der Waals surface area contributed by atoms with Gasteiger partial charge < -0.3 is 10.1 Å². The highest BCUT2D eigenvalue weighted by Crippen LogP contribution is 2.26. The Kier molecular flexibility index (Phi) is 4.15. The van der Waals surface area contributed by atoms with Gasteiger partial charge in [-0.15, -0.1) is 0 Å². The first-order valence-corrected chi connectivity index (χ1v) is 6.74. The molecule has 0 aliphatic carbocycles. The Hall–Kier alpha value is -1.62. The molecule has 96 valence electrons. The highest BCUT2D eigenvalue weighted by molar-refractivity contribution is 7.09. The van der Waals surface area contributed by atoms with Crippen LogP contribution in [0, 0.1) is 6.92 Å². The van der Waals surface area contributed by atoms with Crippen LogP contribution in [0.25, 0.3) is 11.4 Å². The van der Waals surface area contributed by atoms with Crippen molar-refractivity contribution in [1.82, 2.24) is 9.36 Å². The van der Waals surface area contributed by atoms with E-state index in [9.17, 15) is 0 Å². The number of aryl methyl sites for hydroxylation is 1. The summed E-state index contributed by atoms with van der Waals surface area (Å²) in [4.78, 5) is 4.47. The van der Waals surface area contributed by atoms with Crippen molar-refractivity contribution in [2.45, 2.75) is 20.3 Å². The van der Waals surface area contributed by atoms with Crippen LogP contribution in [0.1, 0.15) is 18.9 Å². The van der Waals surface area contributed by atoms with Gasteiger partial charge in [-0.05, 0) is 37.1 Å². The van der Waals surface area contributed by atoms with E-state index in [1.54, 1.807) is 7.11 Å². The molecule has 18 heavy (non-hydrogen) atoms. The summed E-state index contributed by atoms with van der Waals surface area (Å²) in [6, 6.07) is 5.98. The second-order valence-electron chi connectivity index (χ2n) is 4.03. The van der Waals surface area contributed by atoms with Gasteiger partial charge in [0.05, 0.1) is 7.11 Å². The third kappa shape index (κ3) is 2.79. The fraction of sp³-hybridized carbons (Fsp3) is 0.385. The van der Waals surface area contributed by atoms with Crippen molar-refractivity contribution in [3.8, 4) is 17.1 Å². The molecule has 0 aliphatic heterocycles. The standard InChI is InChI=1S/C13H17N3OS/c1-4-7-14-13-15-12(16-18-13)10-5-6-11(17-3)9(2)8-10/h5-6,8H,4,7H2,1-3H3,(H,14,15,16). The number of benzene rings is 1. The van der Waals surface area contributed by atoms with Crippen LogP contribution < -0.4 is 10.1 Å². The smallest absolute Gasteiger partial charge is 0.202 e. The van der Waals surface area contributed by atoms with Gasteiger partial charge in [-0.1, -0.05) is 6.92 Å². The first kappa shape index (κ1) is 12.8. The predicted molar refractivity (Wildman–Crippen MR) is 75.4 cm³/mol. The number of hydrogen-bond donors (Lipinski definition) is 1. The predicted octanol–water partition coefficient (Wildman–Crippen LogP) is 3.34. The van der Waals surface area contributed by atoms with E-state index in [2.05, 4.69) is 21.6 Å². The first-order chi connectivity index (χ1) is 8.74. The Balaban J connectivity index is 2.20. The summed E-state index contributed by atoms with van der Waals surface area (Å²) in [5.74, 6) is 1.66. The molecule has 2 rings (SSSR count). The van der Waals surface area contributed by atoms with Crippen molar-refractivity contribution in [2.24, 2.45) is 0 Å². The van der Waals surface area contributed by atoms with E-state index in [0.717, 1.165) is 40.8 Å². The Morgan fingerprint density at radius 2 is 2.22 bits per heavy atom. The van der Waals surface area contributed by atoms with Crippen molar-refractivity contribution in [3.63, 3.8) is 0 Å². The third-order valence-electron chi connectivity index (χ3n) is 2.61. The molecule has 1 N–H and O–H groups in total. The molecule has 1 heterocycles. The van der Waals surface area contributed by atoms with E-state index < -0.39 is 0 Å². The monoisotopic (exact) mass is 263 g/mol. The molecule has 5 heteroatoms. The number of nitrogens with one attached hydrogen (secondary N) is 1. The minimum absolute atomic E-state index is 0.768. The topological polar surface area (TPSA) is 47.0 Å². The highest BCUT2D eigenvalue weighted by Gasteiger charge is 2.08. The molecule has 0 unspecified atom stereocenters. The molecular weight excluding hydrogens is 246 g/mol. The number of hydrogen-bond acceptors (Lipinski definition) is 5. The van der Waals surface area contributed by atoms with E-state index >= 15 is 0 Å². The molecule has 0 amide bonds. The zero-order chi connectivity index (χ0) is 13.0. The van der Waals surface area contributed by atoms with Gasteiger partial charge in [0, 0.05) is 23.6 Å². The third-order valence-corrected chi connectivity index (χ3v) is 3.28. The summed E-state index contributed by atoms with van der Waals surface area (Å²) >= 11 is 1.40. The quantitative estimate of drug-likeness (QED) is 0.898. The van der Waals surface area contributed by atoms with E-state index in [1.165, 1.54) is 11.5 Å². The summed E-state index contributed by atoms with van der Waals surface area (Å²) in [6.45, 7) is 5.07. The SMILES string of the molecule is CCCNc1nc(-c2ccc(OC)c(C)c2)ns1. The Morgan fingerprint density at radius 3 is 2.89 bits per heavy atom. The van der Waals surface area contributed by atoms with Crippen LogP contribution in [0.2, 0.25) is 0 Å². The van der Waals surface area contributed by atoms with Crippen LogP contribution in [-0.4, -0.2) is 23.0 Å². The lowest BCUT2D eigenvalue weighted by Crippen LogP contribution is -1.98. The molecule has 2 aromatic rings. The molecule has 0 aliphatic rings. The number of aromatic nitrogens is 2. The average molecular weight is 263 g/mol. The van der Waals surface area contributed by atoms with Crippen LogP contribution >= 0.6 is 11.5 Å². The zero-order valence-corrected chi connectivity index (χ0v) is 11.7. The molecule has 0 radical (unpaired) electrons. The van der Waals surface area contributed by atoms with Gasteiger partial charge in [0.15, 0.2) is 5.82 Å². The van der Waals surface area contributed by atoms with Crippen LogP contribution in [0.3, 0.4) is 0 Å². The lowest BCUT2D eigenvalue weighted by Gasteiger charge is -2.05. The van der Waals surface area contributed by atoms with Crippen LogP contribution in [0.4, 0.5) is 5.13 Å². The van der Waals surface area contributed by atoms with E-state index in [0.29, 0.717) is 0 Å². The van der Waals surface area contributed by atoms with Crippen molar-refractivity contribution >= 4 is 16.7 Å². The second kappa shape index (κ2) is 5.82. The fourth-order valence-corrected chi connectivity index (χ4v) is 2.28. The van der Waals surface area contributed by atoms with Gasteiger partial charge >= 0.3 is 0 Å². The molecule has 0 fully saturated rings. The van der Waals surface area contributed by atoms with Crippen molar-refractivity contribution in [1.29, 1.82) is 0 Å². The maximum Gasteiger partial charge on any atom is 0.202 e. The normalized spacial score (nSPS) is 10.4. The summed E-state index contributed by atoms with van der Waals surface area (Å²) in [5, 5.41) is 4.12. The largest absolute Gasteiger partial charge is 0.496 e. The number of nitrogens with zero attached hydrogens (tertiary/aromatic N) is 2. The van der Waals surface area contributed by atoms with Gasteiger partial charge in [-0.3, -0.25) is 0 Å². The number of anilines is 1. The molecule has 0 saturated carbocycles. The summed E-state index contributed by atoms with van der Waals surface area (Å²) < 4.78 is 9.61. The zero-order valence-electron chi connectivity index (χ0n) is 10.9. The molecule has 0 saturated heterocycles. The van der Waals surface area contributed by atoms with Crippen LogP contribution in [0.15, 0.2) is 18.2 Å². The minimum Gasteiger partial charge on any atom is -0.496 e. The Labute approximate surface area is 111 Å². The van der Waals surface area contributed by atoms with Crippen molar-refractivity contribution < 1.29 is 4.74 Å². The highest BCUT2D eigenvalue weighted by atomic mass is 32.1. The maximum absolute atomic E-state index is 5.24. The van der Waals surface area contributed by atoms with Crippen LogP contribution in [0.5, 0.6) is 5.75 Å². The Morgan fingerprint density at radius 1 is 1.39 bits per heavy atom. The summed E-state index contributed by atoms with van der Waals surface area (Å²) in [6.07, 6.45) is 1.08. The van der Waals surface area contributed by atoms with E-state index in [1.807, 2.05) is 25.1 Å². The second-order valence-corrected chi connectivity index (χ2v) is 4.79. The maximum atomic E-state index is 5.24. The van der Waals surface area contributed by atoms with E-state index in [-0.39, 0.29) is 0 Å². The number of ether oxygens (including phenoxy) is 1. The lowest BCUT2D eigenvalue weighted by molar-refractivity contribution is 0.412. The first-order valence-electron chi connectivity index (χ1n) is 5.97. The summed E-state index contributed by atoms with van der Waals surface area (Å²) in [7, 11) is 1.68. The van der Waals surface area contributed by atoms with Gasteiger partial charge in [-0.2, -0.15) is 9.36 Å². The van der Waals surface area contributed by atoms with Gasteiger partial charge in [0.1, 0.15) is 5.75 Å². The molecule has 0 atom stereocenters. The number of methoxy groups -OCH3 is 1. The van der Waals surface area contributed by atoms with E-state index in [4.69, 9.17) is 4.74 Å².